The zero-order valence-corrected chi connectivity index (χ0v) is 16.7. The zero-order valence-electron chi connectivity index (χ0n) is 16.7. The summed E-state index contributed by atoms with van der Waals surface area (Å²) in [5, 5.41) is 29.6. The molecule has 2 aliphatic rings. The molecule has 1 aromatic carbocycles. The van der Waals surface area contributed by atoms with Crippen LogP contribution in [0.25, 0.3) is 0 Å². The molecule has 0 unspecified atom stereocenters. The van der Waals surface area contributed by atoms with Gasteiger partial charge in [0.05, 0.1) is 18.3 Å². The second-order valence-electron chi connectivity index (χ2n) is 8.13. The first kappa shape index (κ1) is 21.8. The van der Waals surface area contributed by atoms with Crippen molar-refractivity contribution in [2.75, 3.05) is 6.61 Å². The Balaban J connectivity index is 1.50. The van der Waals surface area contributed by atoms with E-state index in [4.69, 9.17) is 14.6 Å². The molecule has 0 aromatic heterocycles. The van der Waals surface area contributed by atoms with Gasteiger partial charge in [0.15, 0.2) is 0 Å². The van der Waals surface area contributed by atoms with Gasteiger partial charge in [0.1, 0.15) is 18.5 Å². The van der Waals surface area contributed by atoms with E-state index >= 15 is 0 Å². The van der Waals surface area contributed by atoms with Crippen LogP contribution in [0.1, 0.15) is 44.9 Å². The highest BCUT2D eigenvalue weighted by molar-refractivity contribution is 5.66. The highest BCUT2D eigenvalue weighted by Gasteiger charge is 2.43. The minimum atomic E-state index is -0.771. The first-order valence-electron chi connectivity index (χ1n) is 10.6. The summed E-state index contributed by atoms with van der Waals surface area (Å²) < 4.78 is 11.8. The fourth-order valence-electron chi connectivity index (χ4n) is 4.51. The van der Waals surface area contributed by atoms with Crippen molar-refractivity contribution in [3.63, 3.8) is 0 Å². The topological polar surface area (TPSA) is 96.2 Å². The van der Waals surface area contributed by atoms with Gasteiger partial charge >= 0.3 is 5.97 Å². The Bertz CT molecular complexity index is 661. The Kier molecular flexibility index (Phi) is 8.09. The van der Waals surface area contributed by atoms with Crippen molar-refractivity contribution >= 4 is 5.97 Å². The minimum absolute atomic E-state index is 0.00492. The van der Waals surface area contributed by atoms with Crippen LogP contribution in [0.3, 0.4) is 0 Å². The number of rotatable bonds is 9. The summed E-state index contributed by atoms with van der Waals surface area (Å²) in [5.41, 5.74) is 0. The molecule has 6 nitrogen and oxygen atoms in total. The number of carboxylic acid groups (broad SMARTS) is 1. The predicted molar refractivity (Wildman–Crippen MR) is 109 cm³/mol. The lowest BCUT2D eigenvalue weighted by Gasteiger charge is -2.23. The normalized spacial score (nSPS) is 30.6. The van der Waals surface area contributed by atoms with Crippen LogP contribution < -0.4 is 4.74 Å². The number of aliphatic hydroxyl groups is 2. The summed E-state index contributed by atoms with van der Waals surface area (Å²) in [6, 6.07) is 9.36. The van der Waals surface area contributed by atoms with Gasteiger partial charge in [-0.3, -0.25) is 4.79 Å². The molecule has 2 fully saturated rings. The van der Waals surface area contributed by atoms with Gasteiger partial charge in [0.2, 0.25) is 0 Å². The Morgan fingerprint density at radius 1 is 1.28 bits per heavy atom. The highest BCUT2D eigenvalue weighted by atomic mass is 16.5. The van der Waals surface area contributed by atoms with E-state index in [9.17, 15) is 15.0 Å². The minimum Gasteiger partial charge on any atom is -0.491 e. The number of ether oxygens (including phenoxy) is 2. The van der Waals surface area contributed by atoms with E-state index in [-0.39, 0.29) is 37.1 Å². The molecule has 0 spiro atoms. The molecule has 1 aliphatic carbocycles. The molecular formula is C23H32O6. The van der Waals surface area contributed by atoms with Gasteiger partial charge in [-0.05, 0) is 43.7 Å². The van der Waals surface area contributed by atoms with Gasteiger partial charge in [-0.2, -0.15) is 0 Å². The summed E-state index contributed by atoms with van der Waals surface area (Å²) in [6.45, 7) is 0.166. The number of carboxylic acids is 1. The van der Waals surface area contributed by atoms with E-state index < -0.39 is 18.2 Å². The molecule has 3 N–H and O–H groups in total. The molecule has 1 aromatic rings. The zero-order chi connectivity index (χ0) is 20.6. The van der Waals surface area contributed by atoms with Crippen molar-refractivity contribution in [1.29, 1.82) is 0 Å². The number of carbonyl (C=O) groups is 1. The fraction of sp³-hybridized carbons (Fsp3) is 0.609. The number of para-hydroxylation sites is 1. The molecule has 1 aliphatic heterocycles. The highest BCUT2D eigenvalue weighted by Crippen LogP contribution is 2.42. The number of hydrogen-bond acceptors (Lipinski definition) is 5. The molecule has 0 amide bonds. The third-order valence-electron chi connectivity index (χ3n) is 5.96. The van der Waals surface area contributed by atoms with E-state index in [0.29, 0.717) is 18.6 Å². The van der Waals surface area contributed by atoms with E-state index in [2.05, 4.69) is 0 Å². The van der Waals surface area contributed by atoms with Crippen LogP contribution in [-0.2, 0) is 9.53 Å². The Morgan fingerprint density at radius 3 is 2.83 bits per heavy atom. The molecule has 0 bridgehead atoms. The van der Waals surface area contributed by atoms with Crippen LogP contribution in [0.15, 0.2) is 42.5 Å². The Hall–Kier alpha value is -1.89. The van der Waals surface area contributed by atoms with Gasteiger partial charge in [0.25, 0.3) is 0 Å². The quantitative estimate of drug-likeness (QED) is 0.547. The smallest absolute Gasteiger partial charge is 0.303 e. The maximum Gasteiger partial charge on any atom is 0.303 e. The van der Waals surface area contributed by atoms with Gasteiger partial charge in [-0.25, -0.2) is 0 Å². The lowest BCUT2D eigenvalue weighted by molar-refractivity contribution is -0.137. The number of benzene rings is 1. The molecule has 1 saturated carbocycles. The maximum absolute atomic E-state index is 10.7. The number of fused-ring (bicyclic) bond motifs is 1. The first-order chi connectivity index (χ1) is 14.0. The van der Waals surface area contributed by atoms with Crippen molar-refractivity contribution in [2.24, 2.45) is 11.8 Å². The summed E-state index contributed by atoms with van der Waals surface area (Å²) in [5.74, 6) is 0.136. The van der Waals surface area contributed by atoms with E-state index in [1.54, 1.807) is 6.08 Å². The molecule has 1 heterocycles. The van der Waals surface area contributed by atoms with Crippen molar-refractivity contribution in [3.8, 4) is 5.75 Å². The van der Waals surface area contributed by atoms with E-state index in [1.165, 1.54) is 0 Å². The second-order valence-corrected chi connectivity index (χ2v) is 8.13. The lowest BCUT2D eigenvalue weighted by Crippen LogP contribution is -2.24. The molecule has 3 rings (SSSR count). The molecular weight excluding hydrogens is 372 g/mol. The van der Waals surface area contributed by atoms with Crippen molar-refractivity contribution in [3.05, 3.63) is 42.5 Å². The van der Waals surface area contributed by atoms with Crippen LogP contribution >= 0.6 is 0 Å². The maximum atomic E-state index is 10.7. The van der Waals surface area contributed by atoms with Crippen LogP contribution in [-0.4, -0.2) is 52.3 Å². The molecule has 29 heavy (non-hydrogen) atoms. The standard InChI is InChI=1S/C23H32O6/c24-16(15-28-17-6-2-1-3-7-17)12-13-19-20-10-4-8-18(9-5-11-23(26)27)29-22(20)14-21(19)25/h1-3,6-7,12-13,16,18-22,24-25H,4-5,8-11,14-15H2,(H,26,27)/t16-,18-,19-,20-,21-,22+/m1/s1. The summed E-state index contributed by atoms with van der Waals surface area (Å²) in [6.07, 6.45) is 7.54. The molecule has 6 heteroatoms. The monoisotopic (exact) mass is 404 g/mol. The van der Waals surface area contributed by atoms with Gasteiger partial charge < -0.3 is 24.8 Å². The lowest BCUT2D eigenvalue weighted by atomic mass is 9.88. The van der Waals surface area contributed by atoms with Crippen LogP contribution in [0.2, 0.25) is 0 Å². The third-order valence-corrected chi connectivity index (χ3v) is 5.96. The third kappa shape index (κ3) is 6.56. The predicted octanol–water partition coefficient (Wildman–Crippen LogP) is 3.17. The molecule has 6 atom stereocenters. The second kappa shape index (κ2) is 10.8. The van der Waals surface area contributed by atoms with Crippen LogP contribution in [0.5, 0.6) is 5.75 Å². The Morgan fingerprint density at radius 2 is 2.07 bits per heavy atom. The van der Waals surface area contributed by atoms with Gasteiger partial charge in [-0.15, -0.1) is 0 Å². The number of aliphatic carboxylic acids is 1. The number of aliphatic hydroxyl groups excluding tert-OH is 2. The fourth-order valence-corrected chi connectivity index (χ4v) is 4.51. The first-order valence-corrected chi connectivity index (χ1v) is 10.6. The van der Waals surface area contributed by atoms with Gasteiger partial charge in [-0.1, -0.05) is 36.8 Å². The van der Waals surface area contributed by atoms with Crippen molar-refractivity contribution in [2.45, 2.75) is 69.4 Å². The number of hydrogen-bond donors (Lipinski definition) is 3. The van der Waals surface area contributed by atoms with Crippen LogP contribution in [0, 0.1) is 11.8 Å². The summed E-state index contributed by atoms with van der Waals surface area (Å²) in [7, 11) is 0. The molecule has 160 valence electrons. The van der Waals surface area contributed by atoms with E-state index in [0.717, 1.165) is 25.7 Å². The summed E-state index contributed by atoms with van der Waals surface area (Å²) in [4.78, 5) is 10.7. The summed E-state index contributed by atoms with van der Waals surface area (Å²) >= 11 is 0. The largest absolute Gasteiger partial charge is 0.491 e. The SMILES string of the molecule is O=C(O)CCC[C@H]1CCC[C@@H]2[C@@H](C=C[C@@H](O)COc3ccccc3)[C@H](O)C[C@@H]2O1. The van der Waals surface area contributed by atoms with Crippen molar-refractivity contribution in [1.82, 2.24) is 0 Å². The van der Waals surface area contributed by atoms with Crippen LogP contribution in [0.4, 0.5) is 0 Å². The van der Waals surface area contributed by atoms with Gasteiger partial charge in [0, 0.05) is 18.8 Å². The average molecular weight is 405 g/mol. The van der Waals surface area contributed by atoms with Crippen molar-refractivity contribution < 1.29 is 29.6 Å². The average Bonchev–Trinajstić information content (AvgIpc) is 2.85. The van der Waals surface area contributed by atoms with E-state index in [1.807, 2.05) is 36.4 Å². The Labute approximate surface area is 172 Å². The molecule has 0 radical (unpaired) electrons. The molecule has 1 saturated heterocycles.